The monoisotopic (exact) mass is 400 g/mol. The standard InChI is InChI=1S/C18H29N2O6P/c1-12(2)6-9-18(21)19-11-15-7-8-17(20(22)23)16(10-15)14(5)26-27(24)25-13(3)4/h7-8,10,12-14,24H,6,9,11H2,1-5H3,(H,19,21). The number of nitrogens with zero attached hydrogens (tertiary/aromatic N) is 1. The molecule has 1 rings (SSSR count). The Bertz CT molecular complexity index is 638. The minimum absolute atomic E-state index is 0.0582. The Balaban J connectivity index is 2.84. The Kier molecular flexibility index (Phi) is 9.80. The maximum absolute atomic E-state index is 11.9. The van der Waals surface area contributed by atoms with Gasteiger partial charge in [0.2, 0.25) is 5.91 Å². The van der Waals surface area contributed by atoms with E-state index in [1.165, 1.54) is 6.07 Å². The lowest BCUT2D eigenvalue weighted by atomic mass is 10.0. The molecule has 0 aliphatic carbocycles. The van der Waals surface area contributed by atoms with E-state index in [1.807, 2.05) is 0 Å². The van der Waals surface area contributed by atoms with Crippen molar-refractivity contribution in [1.82, 2.24) is 5.32 Å². The lowest BCUT2D eigenvalue weighted by Crippen LogP contribution is -2.23. The van der Waals surface area contributed by atoms with Crippen LogP contribution in [0.1, 0.15) is 64.7 Å². The Labute approximate surface area is 161 Å². The van der Waals surface area contributed by atoms with Crippen LogP contribution in [0.5, 0.6) is 0 Å². The molecule has 1 aromatic carbocycles. The summed E-state index contributed by atoms with van der Waals surface area (Å²) in [5.41, 5.74) is 0.934. The molecule has 0 aliphatic heterocycles. The summed E-state index contributed by atoms with van der Waals surface area (Å²) in [7, 11) is -2.15. The van der Waals surface area contributed by atoms with Crippen molar-refractivity contribution in [1.29, 1.82) is 0 Å². The van der Waals surface area contributed by atoms with Gasteiger partial charge in [-0.1, -0.05) is 19.9 Å². The molecule has 0 saturated heterocycles. The van der Waals surface area contributed by atoms with Gasteiger partial charge < -0.3 is 19.3 Å². The molecule has 0 spiro atoms. The third kappa shape index (κ3) is 8.75. The van der Waals surface area contributed by atoms with Gasteiger partial charge >= 0.3 is 8.60 Å². The molecular weight excluding hydrogens is 371 g/mol. The van der Waals surface area contributed by atoms with Crippen molar-refractivity contribution in [3.05, 3.63) is 39.4 Å². The van der Waals surface area contributed by atoms with Crippen molar-refractivity contribution in [2.24, 2.45) is 5.92 Å². The molecule has 2 N–H and O–H groups in total. The zero-order valence-electron chi connectivity index (χ0n) is 16.5. The largest absolute Gasteiger partial charge is 0.352 e. The topological polar surface area (TPSA) is 111 Å². The highest BCUT2D eigenvalue weighted by molar-refractivity contribution is 7.40. The SMILES string of the molecule is CC(C)CCC(=O)NCc1ccc([N+](=O)[O-])c(C(C)OP(O)OC(C)C)c1. The number of hydrogen-bond donors (Lipinski definition) is 2. The number of carbonyl (C=O) groups excluding carboxylic acids is 1. The molecule has 0 aromatic heterocycles. The van der Waals surface area contributed by atoms with E-state index in [9.17, 15) is 19.8 Å². The summed E-state index contributed by atoms with van der Waals surface area (Å²) in [6, 6.07) is 4.60. The highest BCUT2D eigenvalue weighted by atomic mass is 31.2. The van der Waals surface area contributed by atoms with Crippen LogP contribution in [0.2, 0.25) is 0 Å². The second-order valence-corrected chi connectivity index (χ2v) is 7.90. The van der Waals surface area contributed by atoms with Crippen LogP contribution in [-0.2, 0) is 20.4 Å². The molecule has 0 heterocycles. The first-order chi connectivity index (χ1) is 12.6. The number of nitro groups is 1. The Morgan fingerprint density at radius 1 is 1.26 bits per heavy atom. The molecule has 152 valence electrons. The number of nitrogens with one attached hydrogen (secondary N) is 1. The average Bonchev–Trinajstić information content (AvgIpc) is 2.56. The van der Waals surface area contributed by atoms with E-state index in [-0.39, 0.29) is 24.2 Å². The summed E-state index contributed by atoms with van der Waals surface area (Å²) in [5, 5.41) is 14.1. The van der Waals surface area contributed by atoms with Gasteiger partial charge in [-0.3, -0.25) is 14.9 Å². The van der Waals surface area contributed by atoms with E-state index in [0.717, 1.165) is 12.0 Å². The summed E-state index contributed by atoms with van der Waals surface area (Å²) in [5.74, 6) is 0.387. The van der Waals surface area contributed by atoms with Crippen LogP contribution >= 0.6 is 8.60 Å². The molecule has 1 aromatic rings. The fourth-order valence-corrected chi connectivity index (χ4v) is 3.11. The van der Waals surface area contributed by atoms with Crippen LogP contribution in [0.4, 0.5) is 5.69 Å². The third-order valence-corrected chi connectivity index (χ3v) is 4.81. The molecule has 0 radical (unpaired) electrons. The van der Waals surface area contributed by atoms with Crippen molar-refractivity contribution in [2.75, 3.05) is 0 Å². The lowest BCUT2D eigenvalue weighted by Gasteiger charge is -2.19. The van der Waals surface area contributed by atoms with Crippen molar-refractivity contribution in [3.63, 3.8) is 0 Å². The van der Waals surface area contributed by atoms with Crippen LogP contribution in [0.25, 0.3) is 0 Å². The van der Waals surface area contributed by atoms with Crippen molar-refractivity contribution in [3.8, 4) is 0 Å². The normalized spacial score (nSPS) is 13.6. The zero-order chi connectivity index (χ0) is 20.6. The van der Waals surface area contributed by atoms with E-state index < -0.39 is 19.6 Å². The summed E-state index contributed by atoms with van der Waals surface area (Å²) in [6.45, 7) is 9.50. The van der Waals surface area contributed by atoms with Gasteiger partial charge in [0.25, 0.3) is 5.69 Å². The molecule has 9 heteroatoms. The summed E-state index contributed by atoms with van der Waals surface area (Å²) < 4.78 is 10.6. The van der Waals surface area contributed by atoms with Crippen molar-refractivity contribution < 1.29 is 23.7 Å². The first-order valence-corrected chi connectivity index (χ1v) is 10.1. The number of carbonyl (C=O) groups is 1. The van der Waals surface area contributed by atoms with Crippen LogP contribution in [0.3, 0.4) is 0 Å². The average molecular weight is 400 g/mol. The first kappa shape index (κ1) is 23.4. The quantitative estimate of drug-likeness (QED) is 0.324. The van der Waals surface area contributed by atoms with Crippen LogP contribution < -0.4 is 5.32 Å². The predicted molar refractivity (Wildman–Crippen MR) is 104 cm³/mol. The van der Waals surface area contributed by atoms with Gasteiger partial charge in [-0.05, 0) is 44.7 Å². The van der Waals surface area contributed by atoms with E-state index in [1.54, 1.807) is 32.9 Å². The smallest absolute Gasteiger partial charge is 0.330 e. The highest BCUT2D eigenvalue weighted by Gasteiger charge is 2.24. The second-order valence-electron chi connectivity index (χ2n) is 7.00. The summed E-state index contributed by atoms with van der Waals surface area (Å²) in [4.78, 5) is 32.5. The minimum atomic E-state index is -2.15. The Hall–Kier alpha value is -1.60. The van der Waals surface area contributed by atoms with Gasteiger partial charge in [-0.25, -0.2) is 0 Å². The minimum Gasteiger partial charge on any atom is -0.352 e. The van der Waals surface area contributed by atoms with E-state index in [2.05, 4.69) is 19.2 Å². The van der Waals surface area contributed by atoms with Gasteiger partial charge in [0.15, 0.2) is 0 Å². The van der Waals surface area contributed by atoms with Crippen molar-refractivity contribution >= 4 is 20.2 Å². The summed E-state index contributed by atoms with van der Waals surface area (Å²) in [6.07, 6.45) is 0.281. The number of benzene rings is 1. The Morgan fingerprint density at radius 2 is 1.93 bits per heavy atom. The van der Waals surface area contributed by atoms with Crippen LogP contribution in [0.15, 0.2) is 18.2 Å². The third-order valence-electron chi connectivity index (χ3n) is 3.71. The number of amides is 1. The number of rotatable bonds is 11. The highest BCUT2D eigenvalue weighted by Crippen LogP contribution is 2.42. The first-order valence-electron chi connectivity index (χ1n) is 8.96. The molecular formula is C18H29N2O6P. The van der Waals surface area contributed by atoms with E-state index >= 15 is 0 Å². The molecule has 0 bridgehead atoms. The van der Waals surface area contributed by atoms with Crippen LogP contribution in [-0.4, -0.2) is 21.8 Å². The van der Waals surface area contributed by atoms with Crippen molar-refractivity contribution in [2.45, 2.75) is 66.2 Å². The molecule has 2 unspecified atom stereocenters. The number of hydrogen-bond acceptors (Lipinski definition) is 6. The van der Waals surface area contributed by atoms with Gasteiger partial charge in [0, 0.05) is 19.0 Å². The second kappa shape index (κ2) is 11.3. The maximum atomic E-state index is 11.9. The lowest BCUT2D eigenvalue weighted by molar-refractivity contribution is -0.386. The van der Waals surface area contributed by atoms with Gasteiger partial charge in [0.1, 0.15) is 0 Å². The van der Waals surface area contributed by atoms with Gasteiger partial charge in [-0.15, -0.1) is 0 Å². The maximum Gasteiger partial charge on any atom is 0.330 e. The van der Waals surface area contributed by atoms with Crippen LogP contribution in [0, 0.1) is 16.0 Å². The number of nitro benzene ring substituents is 1. The van der Waals surface area contributed by atoms with E-state index in [4.69, 9.17) is 9.05 Å². The van der Waals surface area contributed by atoms with E-state index in [0.29, 0.717) is 17.9 Å². The molecule has 8 nitrogen and oxygen atoms in total. The molecule has 0 saturated carbocycles. The fraction of sp³-hybridized carbons (Fsp3) is 0.611. The molecule has 27 heavy (non-hydrogen) atoms. The summed E-state index contributed by atoms with van der Waals surface area (Å²) >= 11 is 0. The van der Waals surface area contributed by atoms with Gasteiger partial charge in [0.05, 0.1) is 22.7 Å². The molecule has 0 aliphatic rings. The Morgan fingerprint density at radius 3 is 2.48 bits per heavy atom. The van der Waals surface area contributed by atoms with Gasteiger partial charge in [-0.2, -0.15) is 0 Å². The zero-order valence-corrected chi connectivity index (χ0v) is 17.4. The molecule has 2 atom stereocenters. The molecule has 0 fully saturated rings. The fourth-order valence-electron chi connectivity index (χ4n) is 2.31. The molecule has 1 amide bonds. The predicted octanol–water partition coefficient (Wildman–Crippen LogP) is 4.37.